The van der Waals surface area contributed by atoms with Crippen LogP contribution in [0, 0.1) is 0 Å². The maximum atomic E-state index is 3.57. The van der Waals surface area contributed by atoms with Crippen LogP contribution in [0.25, 0.3) is 0 Å². The minimum Gasteiger partial charge on any atom is -0.311 e. The Hall–Kier alpha value is -0.0400. The van der Waals surface area contributed by atoms with E-state index < -0.39 is 0 Å². The van der Waals surface area contributed by atoms with Crippen LogP contribution in [0.1, 0.15) is 32.1 Å². The van der Waals surface area contributed by atoms with Crippen molar-refractivity contribution in [3.63, 3.8) is 0 Å². The molecule has 0 radical (unpaired) electrons. The Labute approximate surface area is 50.5 Å². The molecule has 1 spiro atoms. The van der Waals surface area contributed by atoms with E-state index in [1.54, 1.807) is 0 Å². The zero-order valence-electron chi connectivity index (χ0n) is 5.24. The molecule has 1 nitrogen and oxygen atoms in total. The van der Waals surface area contributed by atoms with E-state index in [1.165, 1.54) is 38.6 Å². The second-order valence-electron chi connectivity index (χ2n) is 3.16. The normalized spacial score (nSPS) is 33.0. The van der Waals surface area contributed by atoms with Gasteiger partial charge in [-0.3, -0.25) is 0 Å². The molecule has 1 aliphatic carbocycles. The van der Waals surface area contributed by atoms with Crippen LogP contribution in [-0.4, -0.2) is 12.1 Å². The van der Waals surface area contributed by atoms with Gasteiger partial charge in [0.15, 0.2) is 0 Å². The molecular weight excluding hydrogens is 98.1 g/mol. The van der Waals surface area contributed by atoms with Gasteiger partial charge in [-0.25, -0.2) is 0 Å². The maximum absolute atomic E-state index is 3.57. The van der Waals surface area contributed by atoms with Gasteiger partial charge in [0, 0.05) is 5.54 Å². The van der Waals surface area contributed by atoms with E-state index >= 15 is 0 Å². The first kappa shape index (κ1) is 4.80. The summed E-state index contributed by atoms with van der Waals surface area (Å²) < 4.78 is 0. The fourth-order valence-electron chi connectivity index (χ4n) is 1.90. The third-order valence-corrected chi connectivity index (χ3v) is 2.64. The molecule has 0 unspecified atom stereocenters. The van der Waals surface area contributed by atoms with Crippen molar-refractivity contribution in [1.82, 2.24) is 5.32 Å². The SMILES string of the molecule is C1CNC2(C1)CCC2. The lowest BCUT2D eigenvalue weighted by molar-refractivity contribution is 0.216. The Kier molecular flexibility index (Phi) is 0.884. The zero-order valence-corrected chi connectivity index (χ0v) is 5.24. The molecule has 1 aliphatic heterocycles. The molecule has 1 saturated heterocycles. The van der Waals surface area contributed by atoms with Crippen LogP contribution in [0.5, 0.6) is 0 Å². The molecule has 46 valence electrons. The first-order chi connectivity index (χ1) is 3.91. The Morgan fingerprint density at radius 2 is 1.75 bits per heavy atom. The van der Waals surface area contributed by atoms with Crippen LogP contribution >= 0.6 is 0 Å². The summed E-state index contributed by atoms with van der Waals surface area (Å²) in [5, 5.41) is 3.57. The lowest BCUT2D eigenvalue weighted by atomic mass is 9.76. The summed E-state index contributed by atoms with van der Waals surface area (Å²) in [6, 6.07) is 0. The number of hydrogen-bond acceptors (Lipinski definition) is 1. The molecule has 2 rings (SSSR count). The average molecular weight is 111 g/mol. The summed E-state index contributed by atoms with van der Waals surface area (Å²) >= 11 is 0. The highest BCUT2D eigenvalue weighted by molar-refractivity contribution is 4.99. The predicted molar refractivity (Wildman–Crippen MR) is 33.8 cm³/mol. The summed E-state index contributed by atoms with van der Waals surface area (Å²) in [5.74, 6) is 0. The monoisotopic (exact) mass is 111 g/mol. The minimum atomic E-state index is 0.667. The highest BCUT2D eigenvalue weighted by Crippen LogP contribution is 2.38. The summed E-state index contributed by atoms with van der Waals surface area (Å²) in [5.41, 5.74) is 0.667. The van der Waals surface area contributed by atoms with Gasteiger partial charge in [-0.1, -0.05) is 0 Å². The van der Waals surface area contributed by atoms with Crippen LogP contribution in [0.15, 0.2) is 0 Å². The maximum Gasteiger partial charge on any atom is 0.0182 e. The molecule has 1 heteroatoms. The Bertz CT molecular complexity index is 86.6. The molecule has 0 amide bonds. The van der Waals surface area contributed by atoms with Gasteiger partial charge in [0.1, 0.15) is 0 Å². The van der Waals surface area contributed by atoms with Crippen molar-refractivity contribution in [2.24, 2.45) is 0 Å². The fourth-order valence-corrected chi connectivity index (χ4v) is 1.90. The van der Waals surface area contributed by atoms with Crippen molar-refractivity contribution in [3.8, 4) is 0 Å². The standard InChI is InChI=1S/C7H13N/c1-3-7(4-1)5-2-6-8-7/h8H,1-6H2. The highest BCUT2D eigenvalue weighted by atomic mass is 15.0. The Morgan fingerprint density at radius 3 is 2.00 bits per heavy atom. The molecule has 2 fully saturated rings. The molecule has 0 aromatic carbocycles. The molecule has 1 saturated carbocycles. The van der Waals surface area contributed by atoms with Crippen LogP contribution in [0.3, 0.4) is 0 Å². The van der Waals surface area contributed by atoms with Gasteiger partial charge in [0.25, 0.3) is 0 Å². The topological polar surface area (TPSA) is 12.0 Å². The van der Waals surface area contributed by atoms with Crippen LogP contribution in [0.4, 0.5) is 0 Å². The van der Waals surface area contributed by atoms with Gasteiger partial charge in [-0.05, 0) is 38.6 Å². The number of rotatable bonds is 0. The lowest BCUT2D eigenvalue weighted by Gasteiger charge is -2.38. The first-order valence-electron chi connectivity index (χ1n) is 3.66. The minimum absolute atomic E-state index is 0.667. The van der Waals surface area contributed by atoms with Gasteiger partial charge in [-0.2, -0.15) is 0 Å². The summed E-state index contributed by atoms with van der Waals surface area (Å²) in [7, 11) is 0. The van der Waals surface area contributed by atoms with Crippen molar-refractivity contribution in [1.29, 1.82) is 0 Å². The second-order valence-corrected chi connectivity index (χ2v) is 3.16. The molecule has 0 atom stereocenters. The molecule has 8 heavy (non-hydrogen) atoms. The van der Waals surface area contributed by atoms with Gasteiger partial charge in [-0.15, -0.1) is 0 Å². The largest absolute Gasteiger partial charge is 0.311 e. The van der Waals surface area contributed by atoms with Crippen molar-refractivity contribution in [2.75, 3.05) is 6.54 Å². The van der Waals surface area contributed by atoms with Gasteiger partial charge in [0.05, 0.1) is 0 Å². The van der Waals surface area contributed by atoms with E-state index in [0.717, 1.165) is 0 Å². The zero-order chi connectivity index (χ0) is 5.45. The lowest BCUT2D eigenvalue weighted by Crippen LogP contribution is -2.45. The highest BCUT2D eigenvalue weighted by Gasteiger charge is 2.38. The number of nitrogens with one attached hydrogen (secondary N) is 1. The second kappa shape index (κ2) is 1.47. The molecule has 1 N–H and O–H groups in total. The predicted octanol–water partition coefficient (Wildman–Crippen LogP) is 1.29. The number of hydrogen-bond donors (Lipinski definition) is 1. The molecular formula is C7H13N. The third kappa shape index (κ3) is 0.510. The molecule has 0 aromatic rings. The van der Waals surface area contributed by atoms with E-state index in [-0.39, 0.29) is 0 Å². The summed E-state index contributed by atoms with van der Waals surface area (Å²) in [6.45, 7) is 1.28. The molecule has 1 heterocycles. The quantitative estimate of drug-likeness (QED) is 0.496. The summed E-state index contributed by atoms with van der Waals surface area (Å²) in [6.07, 6.45) is 7.24. The van der Waals surface area contributed by atoms with E-state index in [4.69, 9.17) is 0 Å². The van der Waals surface area contributed by atoms with Crippen molar-refractivity contribution in [2.45, 2.75) is 37.6 Å². The average Bonchev–Trinajstić information content (AvgIpc) is 2.07. The first-order valence-corrected chi connectivity index (χ1v) is 3.66. The summed E-state index contributed by atoms with van der Waals surface area (Å²) in [4.78, 5) is 0. The van der Waals surface area contributed by atoms with Gasteiger partial charge in [0.2, 0.25) is 0 Å². The van der Waals surface area contributed by atoms with Crippen molar-refractivity contribution >= 4 is 0 Å². The smallest absolute Gasteiger partial charge is 0.0182 e. The Balaban J connectivity index is 2.01. The van der Waals surface area contributed by atoms with Crippen LogP contribution in [0.2, 0.25) is 0 Å². The fraction of sp³-hybridized carbons (Fsp3) is 1.00. The van der Waals surface area contributed by atoms with Gasteiger partial charge < -0.3 is 5.32 Å². The molecule has 2 aliphatic rings. The third-order valence-electron chi connectivity index (χ3n) is 2.64. The van der Waals surface area contributed by atoms with Crippen LogP contribution < -0.4 is 5.32 Å². The van der Waals surface area contributed by atoms with E-state index in [1.807, 2.05) is 0 Å². The van der Waals surface area contributed by atoms with E-state index in [2.05, 4.69) is 5.32 Å². The molecule has 0 bridgehead atoms. The Morgan fingerprint density at radius 1 is 1.00 bits per heavy atom. The van der Waals surface area contributed by atoms with Crippen molar-refractivity contribution < 1.29 is 0 Å². The van der Waals surface area contributed by atoms with Crippen molar-refractivity contribution in [3.05, 3.63) is 0 Å². The van der Waals surface area contributed by atoms with E-state index in [0.29, 0.717) is 5.54 Å². The molecule has 0 aromatic heterocycles. The van der Waals surface area contributed by atoms with Crippen LogP contribution in [-0.2, 0) is 0 Å². The van der Waals surface area contributed by atoms with E-state index in [9.17, 15) is 0 Å². The van der Waals surface area contributed by atoms with Gasteiger partial charge >= 0.3 is 0 Å².